The molecule has 5 heteroatoms. The van der Waals surface area contributed by atoms with Gasteiger partial charge in [-0.2, -0.15) is 0 Å². The molecule has 2 unspecified atom stereocenters. The van der Waals surface area contributed by atoms with Gasteiger partial charge < -0.3 is 9.30 Å². The lowest BCUT2D eigenvalue weighted by molar-refractivity contribution is 0.184. The van der Waals surface area contributed by atoms with E-state index in [9.17, 15) is 0 Å². The Kier molecular flexibility index (Phi) is 4.40. The van der Waals surface area contributed by atoms with Crippen LogP contribution >= 0.6 is 11.6 Å². The second-order valence-electron chi connectivity index (χ2n) is 4.77. The van der Waals surface area contributed by atoms with Crippen LogP contribution in [0.3, 0.4) is 0 Å². The Balaban J connectivity index is 2.23. The Morgan fingerprint density at radius 3 is 2.82 bits per heavy atom. The number of hydrogen-bond donors (Lipinski definition) is 0. The topological polar surface area (TPSA) is 39.9 Å². The molecule has 0 amide bonds. The molecule has 2 rings (SSSR count). The van der Waals surface area contributed by atoms with Gasteiger partial charge in [0.05, 0.1) is 12.5 Å². The second kappa shape index (κ2) is 5.83. The van der Waals surface area contributed by atoms with Crippen LogP contribution in [-0.4, -0.2) is 28.5 Å². The summed E-state index contributed by atoms with van der Waals surface area (Å²) in [6.45, 7) is 3.77. The third kappa shape index (κ3) is 2.63. The van der Waals surface area contributed by atoms with Crippen LogP contribution in [0.2, 0.25) is 0 Å². The fourth-order valence-electron chi connectivity index (χ4n) is 2.68. The van der Waals surface area contributed by atoms with Gasteiger partial charge in [-0.05, 0) is 18.8 Å². The molecule has 1 saturated carbocycles. The number of halogens is 1. The van der Waals surface area contributed by atoms with E-state index < -0.39 is 0 Å². The zero-order valence-electron chi connectivity index (χ0n) is 10.5. The minimum atomic E-state index is 0.414. The molecule has 0 spiro atoms. The first-order chi connectivity index (χ1) is 8.27. The van der Waals surface area contributed by atoms with Crippen molar-refractivity contribution in [3.05, 3.63) is 11.6 Å². The van der Waals surface area contributed by atoms with Crippen LogP contribution in [0.1, 0.15) is 43.8 Å². The Morgan fingerprint density at radius 2 is 2.24 bits per heavy atom. The van der Waals surface area contributed by atoms with Gasteiger partial charge in [-0.1, -0.05) is 13.3 Å². The van der Waals surface area contributed by atoms with Crippen molar-refractivity contribution < 1.29 is 4.74 Å². The molecule has 2 atom stereocenters. The summed E-state index contributed by atoms with van der Waals surface area (Å²) in [6, 6.07) is 0. The molecule has 0 bridgehead atoms. The smallest absolute Gasteiger partial charge is 0.148 e. The Morgan fingerprint density at radius 1 is 1.41 bits per heavy atom. The predicted molar refractivity (Wildman–Crippen MR) is 67.2 cm³/mol. The summed E-state index contributed by atoms with van der Waals surface area (Å²) in [4.78, 5) is 0. The van der Waals surface area contributed by atoms with E-state index in [4.69, 9.17) is 16.3 Å². The standard InChI is InChI=1S/C12H20ClN3O/c1-9-4-3-5-10(9)12-15-14-11(8-13)16(12)6-7-17-2/h9-10H,3-8H2,1-2H3. The highest BCUT2D eigenvalue weighted by Gasteiger charge is 2.29. The van der Waals surface area contributed by atoms with Crippen molar-refractivity contribution in [2.75, 3.05) is 13.7 Å². The van der Waals surface area contributed by atoms with E-state index in [2.05, 4.69) is 21.7 Å². The van der Waals surface area contributed by atoms with Crippen LogP contribution in [0.25, 0.3) is 0 Å². The minimum Gasteiger partial charge on any atom is -0.383 e. The molecule has 1 heterocycles. The average Bonchev–Trinajstić information content (AvgIpc) is 2.91. The van der Waals surface area contributed by atoms with Crippen LogP contribution in [0.15, 0.2) is 0 Å². The van der Waals surface area contributed by atoms with Gasteiger partial charge in [-0.25, -0.2) is 0 Å². The predicted octanol–water partition coefficient (Wildman–Crippen LogP) is 2.57. The van der Waals surface area contributed by atoms with E-state index in [1.807, 2.05) is 0 Å². The highest BCUT2D eigenvalue weighted by atomic mass is 35.5. The lowest BCUT2D eigenvalue weighted by atomic mass is 9.97. The molecule has 0 aliphatic heterocycles. The van der Waals surface area contributed by atoms with Crippen LogP contribution in [0.4, 0.5) is 0 Å². The maximum Gasteiger partial charge on any atom is 0.148 e. The molecule has 0 N–H and O–H groups in total. The summed E-state index contributed by atoms with van der Waals surface area (Å²) in [6.07, 6.45) is 3.80. The molecule has 1 fully saturated rings. The summed E-state index contributed by atoms with van der Waals surface area (Å²) in [5, 5.41) is 8.54. The van der Waals surface area contributed by atoms with Gasteiger partial charge in [0.1, 0.15) is 11.6 Å². The van der Waals surface area contributed by atoms with Crippen molar-refractivity contribution in [1.29, 1.82) is 0 Å². The summed E-state index contributed by atoms with van der Waals surface area (Å²) in [5.74, 6) is 3.61. The maximum atomic E-state index is 5.90. The molecule has 1 aliphatic carbocycles. The SMILES string of the molecule is COCCn1c(CCl)nnc1C1CCCC1C. The summed E-state index contributed by atoms with van der Waals surface area (Å²) in [5.41, 5.74) is 0. The van der Waals surface area contributed by atoms with Crippen LogP contribution in [0, 0.1) is 5.92 Å². The molecule has 0 radical (unpaired) electrons. The molecule has 17 heavy (non-hydrogen) atoms. The van der Waals surface area contributed by atoms with E-state index in [1.54, 1.807) is 7.11 Å². The Bertz CT molecular complexity index is 367. The Labute approximate surface area is 107 Å². The van der Waals surface area contributed by atoms with E-state index in [-0.39, 0.29) is 0 Å². The van der Waals surface area contributed by atoms with Crippen molar-refractivity contribution >= 4 is 11.6 Å². The van der Waals surface area contributed by atoms with Crippen LogP contribution < -0.4 is 0 Å². The van der Waals surface area contributed by atoms with E-state index in [0.29, 0.717) is 24.3 Å². The normalized spacial score (nSPS) is 24.4. The van der Waals surface area contributed by atoms with Gasteiger partial charge in [0.15, 0.2) is 0 Å². The summed E-state index contributed by atoms with van der Waals surface area (Å²) < 4.78 is 7.28. The number of ether oxygens (including phenoxy) is 1. The van der Waals surface area contributed by atoms with Crippen LogP contribution in [-0.2, 0) is 17.2 Å². The fraction of sp³-hybridized carbons (Fsp3) is 0.833. The third-order valence-corrected chi connectivity index (χ3v) is 3.93. The van der Waals surface area contributed by atoms with Crippen molar-refractivity contribution in [2.24, 2.45) is 5.92 Å². The van der Waals surface area contributed by atoms with E-state index in [1.165, 1.54) is 19.3 Å². The first-order valence-electron chi connectivity index (χ1n) is 6.24. The molecule has 1 aliphatic rings. The first kappa shape index (κ1) is 12.8. The zero-order chi connectivity index (χ0) is 12.3. The third-order valence-electron chi connectivity index (χ3n) is 3.69. The number of aromatic nitrogens is 3. The van der Waals surface area contributed by atoms with Gasteiger partial charge in [0, 0.05) is 19.6 Å². The number of hydrogen-bond acceptors (Lipinski definition) is 3. The number of nitrogens with zero attached hydrogens (tertiary/aromatic N) is 3. The molecule has 1 aromatic heterocycles. The molecule has 0 aromatic carbocycles. The second-order valence-corrected chi connectivity index (χ2v) is 5.03. The van der Waals surface area contributed by atoms with Crippen LogP contribution in [0.5, 0.6) is 0 Å². The zero-order valence-corrected chi connectivity index (χ0v) is 11.3. The van der Waals surface area contributed by atoms with Crippen molar-refractivity contribution in [3.63, 3.8) is 0 Å². The summed E-state index contributed by atoms with van der Waals surface area (Å²) in [7, 11) is 1.71. The Hall–Kier alpha value is -0.610. The van der Waals surface area contributed by atoms with Gasteiger partial charge >= 0.3 is 0 Å². The number of methoxy groups -OCH3 is 1. The maximum absolute atomic E-state index is 5.90. The number of rotatable bonds is 5. The summed E-state index contributed by atoms with van der Waals surface area (Å²) >= 11 is 5.90. The first-order valence-corrected chi connectivity index (χ1v) is 6.78. The van der Waals surface area contributed by atoms with Gasteiger partial charge in [-0.3, -0.25) is 0 Å². The molecule has 4 nitrogen and oxygen atoms in total. The van der Waals surface area contributed by atoms with Crippen molar-refractivity contribution in [1.82, 2.24) is 14.8 Å². The van der Waals surface area contributed by atoms with Crippen molar-refractivity contribution in [3.8, 4) is 0 Å². The molecular formula is C12H20ClN3O. The van der Waals surface area contributed by atoms with E-state index >= 15 is 0 Å². The highest BCUT2D eigenvalue weighted by molar-refractivity contribution is 6.16. The highest BCUT2D eigenvalue weighted by Crippen LogP contribution is 2.38. The minimum absolute atomic E-state index is 0.414. The van der Waals surface area contributed by atoms with Gasteiger partial charge in [-0.15, -0.1) is 21.8 Å². The largest absolute Gasteiger partial charge is 0.383 e. The lowest BCUT2D eigenvalue weighted by Crippen LogP contribution is -2.15. The molecule has 1 aromatic rings. The lowest BCUT2D eigenvalue weighted by Gasteiger charge is -2.16. The molecular weight excluding hydrogens is 238 g/mol. The van der Waals surface area contributed by atoms with Crippen molar-refractivity contribution in [2.45, 2.75) is 44.5 Å². The monoisotopic (exact) mass is 257 g/mol. The van der Waals surface area contributed by atoms with E-state index in [0.717, 1.165) is 18.2 Å². The quantitative estimate of drug-likeness (QED) is 0.761. The fourth-order valence-corrected chi connectivity index (χ4v) is 2.88. The number of alkyl halides is 1. The average molecular weight is 258 g/mol. The molecule has 0 saturated heterocycles. The van der Waals surface area contributed by atoms with Gasteiger partial charge in [0.2, 0.25) is 0 Å². The van der Waals surface area contributed by atoms with Gasteiger partial charge in [0.25, 0.3) is 0 Å². The molecule has 96 valence electrons.